The van der Waals surface area contributed by atoms with E-state index in [1.54, 1.807) is 6.33 Å². The second-order valence-corrected chi connectivity index (χ2v) is 5.03. The molecule has 4 nitrogen and oxygen atoms in total. The highest BCUT2D eigenvalue weighted by atomic mass is 16.7. The van der Waals surface area contributed by atoms with Gasteiger partial charge in [-0.1, -0.05) is 24.3 Å². The molecule has 0 N–H and O–H groups in total. The molecule has 0 amide bonds. The van der Waals surface area contributed by atoms with Gasteiger partial charge in [0.2, 0.25) is 6.79 Å². The van der Waals surface area contributed by atoms with Crippen LogP contribution in [0.3, 0.4) is 0 Å². The number of aromatic nitrogens is 2. The first-order valence-electron chi connectivity index (χ1n) is 6.97. The van der Waals surface area contributed by atoms with Crippen molar-refractivity contribution in [2.24, 2.45) is 0 Å². The molecular weight excluding hydrogens is 264 g/mol. The van der Waals surface area contributed by atoms with Gasteiger partial charge in [0.15, 0.2) is 11.5 Å². The maximum absolute atomic E-state index is 5.41. The van der Waals surface area contributed by atoms with Crippen LogP contribution >= 0.6 is 0 Å². The lowest BCUT2D eigenvalue weighted by molar-refractivity contribution is 0.174. The standard InChI is InChI=1S/C17H14N2O2/c1-2-4-14-13(3-1)15(19-10-18-14)7-5-12-6-8-16-17(9-12)21-11-20-16/h1-4,6,8-10H,5,7,11H2. The highest BCUT2D eigenvalue weighted by Gasteiger charge is 2.13. The molecule has 0 fully saturated rings. The van der Waals surface area contributed by atoms with Crippen LogP contribution in [0.4, 0.5) is 0 Å². The minimum Gasteiger partial charge on any atom is -0.454 e. The second-order valence-electron chi connectivity index (χ2n) is 5.03. The number of rotatable bonds is 3. The third-order valence-electron chi connectivity index (χ3n) is 3.71. The molecule has 0 spiro atoms. The van der Waals surface area contributed by atoms with Gasteiger partial charge in [0, 0.05) is 5.39 Å². The number of nitrogens with zero attached hydrogens (tertiary/aromatic N) is 2. The highest BCUT2D eigenvalue weighted by molar-refractivity contribution is 5.80. The molecule has 0 bridgehead atoms. The zero-order valence-corrected chi connectivity index (χ0v) is 11.5. The largest absolute Gasteiger partial charge is 0.454 e. The molecule has 3 aromatic rings. The van der Waals surface area contributed by atoms with Crippen LogP contribution in [0, 0.1) is 0 Å². The van der Waals surface area contributed by atoms with Crippen molar-refractivity contribution in [1.82, 2.24) is 9.97 Å². The predicted octanol–water partition coefficient (Wildman–Crippen LogP) is 3.14. The molecule has 0 saturated carbocycles. The van der Waals surface area contributed by atoms with Gasteiger partial charge in [0.05, 0.1) is 11.2 Å². The third-order valence-corrected chi connectivity index (χ3v) is 3.71. The predicted molar refractivity (Wildman–Crippen MR) is 79.5 cm³/mol. The van der Waals surface area contributed by atoms with Crippen LogP contribution in [0.15, 0.2) is 48.8 Å². The van der Waals surface area contributed by atoms with Gasteiger partial charge in [-0.2, -0.15) is 0 Å². The Kier molecular flexibility index (Phi) is 2.92. The molecule has 0 radical (unpaired) electrons. The minimum absolute atomic E-state index is 0.315. The monoisotopic (exact) mass is 278 g/mol. The fourth-order valence-corrected chi connectivity index (χ4v) is 2.62. The molecule has 0 aliphatic carbocycles. The number of fused-ring (bicyclic) bond motifs is 2. The van der Waals surface area contributed by atoms with E-state index in [1.165, 1.54) is 5.56 Å². The Bertz CT molecular complexity index is 796. The van der Waals surface area contributed by atoms with Crippen molar-refractivity contribution in [3.63, 3.8) is 0 Å². The number of benzene rings is 2. The molecular formula is C17H14N2O2. The first-order chi connectivity index (χ1) is 10.4. The summed E-state index contributed by atoms with van der Waals surface area (Å²) in [7, 11) is 0. The van der Waals surface area contributed by atoms with Gasteiger partial charge in [-0.15, -0.1) is 0 Å². The van der Waals surface area contributed by atoms with Gasteiger partial charge in [0.25, 0.3) is 0 Å². The Labute approximate surface area is 122 Å². The van der Waals surface area contributed by atoms with E-state index in [-0.39, 0.29) is 0 Å². The van der Waals surface area contributed by atoms with Gasteiger partial charge in [-0.3, -0.25) is 0 Å². The molecule has 0 unspecified atom stereocenters. The van der Waals surface area contributed by atoms with E-state index >= 15 is 0 Å². The van der Waals surface area contributed by atoms with Gasteiger partial charge in [-0.25, -0.2) is 9.97 Å². The van der Waals surface area contributed by atoms with Crippen molar-refractivity contribution in [2.45, 2.75) is 12.8 Å². The third kappa shape index (κ3) is 2.29. The Hall–Kier alpha value is -2.62. The molecule has 0 saturated heterocycles. The normalized spacial score (nSPS) is 12.8. The van der Waals surface area contributed by atoms with Gasteiger partial charge >= 0.3 is 0 Å². The van der Waals surface area contributed by atoms with Crippen molar-refractivity contribution >= 4 is 10.9 Å². The zero-order valence-electron chi connectivity index (χ0n) is 11.5. The Morgan fingerprint density at radius 3 is 2.81 bits per heavy atom. The lowest BCUT2D eigenvalue weighted by Crippen LogP contribution is -1.97. The van der Waals surface area contributed by atoms with E-state index in [2.05, 4.69) is 22.1 Å². The van der Waals surface area contributed by atoms with Gasteiger partial charge in [-0.05, 0) is 36.6 Å². The molecule has 2 heterocycles. The van der Waals surface area contributed by atoms with E-state index in [0.29, 0.717) is 6.79 Å². The van der Waals surface area contributed by atoms with E-state index in [9.17, 15) is 0 Å². The first-order valence-corrected chi connectivity index (χ1v) is 6.97. The summed E-state index contributed by atoms with van der Waals surface area (Å²) >= 11 is 0. The molecule has 2 aromatic carbocycles. The van der Waals surface area contributed by atoms with Crippen molar-refractivity contribution in [3.05, 3.63) is 60.0 Å². The topological polar surface area (TPSA) is 44.2 Å². The maximum atomic E-state index is 5.41. The lowest BCUT2D eigenvalue weighted by Gasteiger charge is -2.06. The summed E-state index contributed by atoms with van der Waals surface area (Å²) < 4.78 is 10.7. The highest BCUT2D eigenvalue weighted by Crippen LogP contribution is 2.32. The summed E-state index contributed by atoms with van der Waals surface area (Å²) in [6, 6.07) is 14.2. The SMILES string of the molecule is c1ccc2c(CCc3ccc4c(c3)OCO4)ncnc2c1. The van der Waals surface area contributed by atoms with Gasteiger partial charge < -0.3 is 9.47 Å². The minimum atomic E-state index is 0.315. The number of hydrogen-bond acceptors (Lipinski definition) is 4. The summed E-state index contributed by atoms with van der Waals surface area (Å²) in [5.41, 5.74) is 3.30. The van der Waals surface area contributed by atoms with E-state index in [0.717, 1.165) is 40.9 Å². The van der Waals surface area contributed by atoms with Crippen molar-refractivity contribution < 1.29 is 9.47 Å². The Morgan fingerprint density at radius 2 is 1.81 bits per heavy atom. The average molecular weight is 278 g/mol. The summed E-state index contributed by atoms with van der Waals surface area (Å²) in [5, 5.41) is 1.13. The van der Waals surface area contributed by atoms with Crippen molar-refractivity contribution in [2.75, 3.05) is 6.79 Å². The molecule has 0 atom stereocenters. The first kappa shape index (κ1) is 12.1. The van der Waals surface area contributed by atoms with Crippen LogP contribution in [-0.4, -0.2) is 16.8 Å². The quantitative estimate of drug-likeness (QED) is 0.738. The van der Waals surface area contributed by atoms with Gasteiger partial charge in [0.1, 0.15) is 6.33 Å². The number of ether oxygens (including phenoxy) is 2. The summed E-state index contributed by atoms with van der Waals surface area (Å²) in [6.07, 6.45) is 3.43. The van der Waals surface area contributed by atoms with Crippen LogP contribution in [-0.2, 0) is 12.8 Å². The molecule has 1 aliphatic heterocycles. The molecule has 104 valence electrons. The number of para-hydroxylation sites is 1. The lowest BCUT2D eigenvalue weighted by atomic mass is 10.0. The average Bonchev–Trinajstić information content (AvgIpc) is 3.00. The second kappa shape index (κ2) is 5.05. The van der Waals surface area contributed by atoms with Crippen LogP contribution in [0.5, 0.6) is 11.5 Å². The molecule has 1 aromatic heterocycles. The van der Waals surface area contributed by atoms with Crippen molar-refractivity contribution in [3.8, 4) is 11.5 Å². The molecule has 4 rings (SSSR count). The van der Waals surface area contributed by atoms with E-state index < -0.39 is 0 Å². The maximum Gasteiger partial charge on any atom is 0.231 e. The van der Waals surface area contributed by atoms with Crippen LogP contribution in [0.25, 0.3) is 10.9 Å². The van der Waals surface area contributed by atoms with E-state index in [1.807, 2.05) is 30.3 Å². The number of hydrogen-bond donors (Lipinski definition) is 0. The molecule has 1 aliphatic rings. The van der Waals surface area contributed by atoms with Crippen LogP contribution < -0.4 is 9.47 Å². The van der Waals surface area contributed by atoms with E-state index in [4.69, 9.17) is 9.47 Å². The van der Waals surface area contributed by atoms with Crippen LogP contribution in [0.1, 0.15) is 11.3 Å². The Morgan fingerprint density at radius 1 is 0.905 bits per heavy atom. The summed E-state index contributed by atoms with van der Waals surface area (Å²) in [4.78, 5) is 8.72. The Balaban J connectivity index is 1.58. The fraction of sp³-hybridized carbons (Fsp3) is 0.176. The fourth-order valence-electron chi connectivity index (χ4n) is 2.62. The van der Waals surface area contributed by atoms with Crippen molar-refractivity contribution in [1.29, 1.82) is 0 Å². The molecule has 21 heavy (non-hydrogen) atoms. The zero-order chi connectivity index (χ0) is 14.1. The summed E-state index contributed by atoms with van der Waals surface area (Å²) in [6.45, 7) is 0.315. The van der Waals surface area contributed by atoms with Crippen LogP contribution in [0.2, 0.25) is 0 Å². The summed E-state index contributed by atoms with van der Waals surface area (Å²) in [5.74, 6) is 1.66. The number of aryl methyl sites for hydroxylation is 2. The molecule has 4 heteroatoms. The smallest absolute Gasteiger partial charge is 0.231 e.